The second kappa shape index (κ2) is 19.3. The summed E-state index contributed by atoms with van der Waals surface area (Å²) in [6, 6.07) is 38.3. The first-order chi connectivity index (χ1) is 27.2. The summed E-state index contributed by atoms with van der Waals surface area (Å²) in [7, 11) is 3.23. The first-order valence-electron chi connectivity index (χ1n) is 18.7. The number of aliphatic hydroxyl groups excluding tert-OH is 2. The van der Waals surface area contributed by atoms with Crippen molar-refractivity contribution in [1.82, 2.24) is 15.5 Å². The second-order valence-corrected chi connectivity index (χ2v) is 14.1. The van der Waals surface area contributed by atoms with Gasteiger partial charge in [0.2, 0.25) is 0 Å². The molecule has 1 aliphatic rings. The van der Waals surface area contributed by atoms with E-state index in [2.05, 4.69) is 10.6 Å². The molecule has 1 heterocycles. The molecule has 0 bridgehead atoms. The quantitative estimate of drug-likeness (QED) is 0.0771. The fourth-order valence-corrected chi connectivity index (χ4v) is 6.89. The Kier molecular flexibility index (Phi) is 13.9. The second-order valence-electron chi connectivity index (χ2n) is 14.1. The van der Waals surface area contributed by atoms with Gasteiger partial charge in [0, 0.05) is 38.0 Å². The standard InChI is InChI=1S/C45H49N3O8/c1-48(28-41(51)36-14-8-16-38(50)24-36)27-39-25-42(33-19-17-31(29-49)18-20-33)56-44(55-39)37-15-7-13-35(23-37)34-12-6-11-32(21-34)26-46-45(53)47-40(43(52)54-2)22-30-9-4-3-5-10-30/h3-21,23-24,39-42,44,49-51H,22,25-29H2,1-2H3,(H2,46,47,53)/t39-,40+,41-,42+,44+/m1/s1. The average Bonchev–Trinajstić information content (AvgIpc) is 3.22. The SMILES string of the molecule is COC(=O)[C@H](Cc1ccccc1)NC(=O)NCc1cccc(-c2cccc([C@H]3O[C@@H](CN(C)C[C@@H](O)c4cccc(O)c4)C[C@@H](c4ccc(CO)cc4)O3)c2)c1. The van der Waals surface area contributed by atoms with Crippen LogP contribution in [0.2, 0.25) is 0 Å². The molecule has 11 heteroatoms. The Morgan fingerprint density at radius 1 is 0.821 bits per heavy atom. The fourth-order valence-electron chi connectivity index (χ4n) is 6.89. The number of urea groups is 1. The van der Waals surface area contributed by atoms with Gasteiger partial charge in [-0.2, -0.15) is 0 Å². The number of amides is 2. The molecule has 0 radical (unpaired) electrons. The van der Waals surface area contributed by atoms with Crippen molar-refractivity contribution >= 4 is 12.0 Å². The van der Waals surface area contributed by atoms with Gasteiger partial charge in [0.15, 0.2) is 6.29 Å². The van der Waals surface area contributed by atoms with Gasteiger partial charge in [-0.25, -0.2) is 9.59 Å². The molecule has 56 heavy (non-hydrogen) atoms. The predicted octanol–water partition coefficient (Wildman–Crippen LogP) is 6.35. The predicted molar refractivity (Wildman–Crippen MR) is 212 cm³/mol. The summed E-state index contributed by atoms with van der Waals surface area (Å²) < 4.78 is 18.2. The van der Waals surface area contributed by atoms with Crippen molar-refractivity contribution in [3.63, 3.8) is 0 Å². The van der Waals surface area contributed by atoms with E-state index >= 15 is 0 Å². The molecular formula is C45H49N3O8. The summed E-state index contributed by atoms with van der Waals surface area (Å²) >= 11 is 0. The first-order valence-corrected chi connectivity index (χ1v) is 18.7. The van der Waals surface area contributed by atoms with Crippen LogP contribution in [0.5, 0.6) is 5.75 Å². The summed E-state index contributed by atoms with van der Waals surface area (Å²) in [5.41, 5.74) is 6.90. The van der Waals surface area contributed by atoms with Gasteiger partial charge in [-0.1, -0.05) is 103 Å². The minimum absolute atomic E-state index is 0.0473. The van der Waals surface area contributed by atoms with Gasteiger partial charge >= 0.3 is 12.0 Å². The molecule has 5 N–H and O–H groups in total. The summed E-state index contributed by atoms with van der Waals surface area (Å²) in [6.07, 6.45) is -1.12. The van der Waals surface area contributed by atoms with E-state index in [0.717, 1.165) is 38.9 Å². The van der Waals surface area contributed by atoms with Crippen molar-refractivity contribution in [1.29, 1.82) is 0 Å². The Balaban J connectivity index is 1.14. The molecule has 0 saturated carbocycles. The molecule has 0 aliphatic carbocycles. The van der Waals surface area contributed by atoms with Crippen molar-refractivity contribution in [2.75, 3.05) is 27.2 Å². The van der Waals surface area contributed by atoms with Crippen LogP contribution in [0.4, 0.5) is 4.79 Å². The number of aliphatic hydroxyl groups is 2. The lowest BCUT2D eigenvalue weighted by Gasteiger charge is -2.38. The Hall–Kier alpha value is -5.56. The van der Waals surface area contributed by atoms with E-state index in [0.29, 0.717) is 31.5 Å². The molecule has 292 valence electrons. The van der Waals surface area contributed by atoms with Gasteiger partial charge in [-0.15, -0.1) is 0 Å². The highest BCUT2D eigenvalue weighted by Crippen LogP contribution is 2.39. The van der Waals surface area contributed by atoms with Gasteiger partial charge in [-0.05, 0) is 70.3 Å². The summed E-state index contributed by atoms with van der Waals surface area (Å²) in [4.78, 5) is 27.4. The number of carbonyl (C=O) groups excluding carboxylic acids is 2. The van der Waals surface area contributed by atoms with E-state index in [1.54, 1.807) is 24.3 Å². The third-order valence-corrected chi connectivity index (χ3v) is 9.82. The van der Waals surface area contributed by atoms with Gasteiger partial charge in [0.25, 0.3) is 0 Å². The number of carbonyl (C=O) groups is 2. The minimum Gasteiger partial charge on any atom is -0.508 e. The number of benzene rings is 5. The molecule has 1 saturated heterocycles. The van der Waals surface area contributed by atoms with Crippen LogP contribution in [-0.2, 0) is 38.6 Å². The molecule has 2 amide bonds. The number of nitrogens with zero attached hydrogens (tertiary/aromatic N) is 1. The molecule has 5 atom stereocenters. The molecule has 0 unspecified atom stereocenters. The summed E-state index contributed by atoms with van der Waals surface area (Å²) in [5.74, 6) is -0.418. The summed E-state index contributed by atoms with van der Waals surface area (Å²) in [5, 5.41) is 36.0. The number of likely N-dealkylation sites (N-methyl/N-ethyl adjacent to an activating group) is 1. The zero-order chi connectivity index (χ0) is 39.4. The topological polar surface area (TPSA) is 150 Å². The maximum absolute atomic E-state index is 12.9. The van der Waals surface area contributed by atoms with E-state index in [1.165, 1.54) is 7.11 Å². The van der Waals surface area contributed by atoms with Crippen LogP contribution < -0.4 is 10.6 Å². The minimum atomic E-state index is -0.837. The van der Waals surface area contributed by atoms with Crippen LogP contribution in [0.1, 0.15) is 58.3 Å². The number of aromatic hydroxyl groups is 1. The van der Waals surface area contributed by atoms with Gasteiger partial charge in [0.05, 0.1) is 32.0 Å². The monoisotopic (exact) mass is 759 g/mol. The fraction of sp³-hybridized carbons (Fsp3) is 0.289. The molecule has 6 rings (SSSR count). The number of phenols is 1. The highest BCUT2D eigenvalue weighted by Gasteiger charge is 2.33. The lowest BCUT2D eigenvalue weighted by atomic mass is 9.98. The van der Waals surface area contributed by atoms with Gasteiger partial charge in [-0.3, -0.25) is 0 Å². The van der Waals surface area contributed by atoms with Gasteiger partial charge < -0.3 is 45.1 Å². The third kappa shape index (κ3) is 11.0. The number of nitrogens with one attached hydrogen (secondary N) is 2. The van der Waals surface area contributed by atoms with E-state index in [4.69, 9.17) is 14.2 Å². The zero-order valence-corrected chi connectivity index (χ0v) is 31.6. The van der Waals surface area contributed by atoms with Crippen molar-refractivity contribution < 1.29 is 39.1 Å². The number of hydrogen-bond donors (Lipinski definition) is 5. The Labute approximate surface area is 327 Å². The van der Waals surface area contributed by atoms with Crippen LogP contribution in [0.3, 0.4) is 0 Å². The summed E-state index contributed by atoms with van der Waals surface area (Å²) in [6.45, 7) is 1.05. The molecular weight excluding hydrogens is 711 g/mol. The Morgan fingerprint density at radius 2 is 1.54 bits per heavy atom. The smallest absolute Gasteiger partial charge is 0.328 e. The normalized spacial score (nSPS) is 17.8. The molecule has 1 fully saturated rings. The molecule has 0 aromatic heterocycles. The van der Waals surface area contributed by atoms with Crippen molar-refractivity contribution in [2.24, 2.45) is 0 Å². The van der Waals surface area contributed by atoms with E-state index in [1.807, 2.05) is 115 Å². The maximum Gasteiger partial charge on any atom is 0.328 e. The highest BCUT2D eigenvalue weighted by atomic mass is 16.7. The number of esters is 1. The first kappa shape index (κ1) is 40.1. The number of ether oxygens (including phenoxy) is 3. The van der Waals surface area contributed by atoms with Crippen LogP contribution in [-0.4, -0.2) is 71.6 Å². The van der Waals surface area contributed by atoms with Crippen LogP contribution in [0.15, 0.2) is 127 Å². The molecule has 11 nitrogen and oxygen atoms in total. The van der Waals surface area contributed by atoms with Crippen molar-refractivity contribution in [2.45, 2.75) is 56.6 Å². The highest BCUT2D eigenvalue weighted by molar-refractivity contribution is 5.83. The average molecular weight is 760 g/mol. The van der Waals surface area contributed by atoms with Crippen LogP contribution in [0.25, 0.3) is 11.1 Å². The number of methoxy groups -OCH3 is 1. The number of phenolic OH excluding ortho intramolecular Hbond substituents is 1. The molecule has 1 aliphatic heterocycles. The zero-order valence-electron chi connectivity index (χ0n) is 31.6. The van der Waals surface area contributed by atoms with Crippen LogP contribution >= 0.6 is 0 Å². The Bertz CT molecular complexity index is 2040. The molecule has 5 aromatic rings. The van der Waals surface area contributed by atoms with Crippen molar-refractivity contribution in [3.8, 4) is 16.9 Å². The maximum atomic E-state index is 12.9. The largest absolute Gasteiger partial charge is 0.508 e. The van der Waals surface area contributed by atoms with Gasteiger partial charge in [0.1, 0.15) is 11.8 Å². The Morgan fingerprint density at radius 3 is 2.27 bits per heavy atom. The van der Waals surface area contributed by atoms with E-state index in [9.17, 15) is 24.9 Å². The van der Waals surface area contributed by atoms with Crippen molar-refractivity contribution in [3.05, 3.63) is 161 Å². The lowest BCUT2D eigenvalue weighted by Crippen LogP contribution is -2.47. The number of rotatable bonds is 15. The lowest BCUT2D eigenvalue weighted by molar-refractivity contribution is -0.252. The van der Waals surface area contributed by atoms with Crippen LogP contribution in [0, 0.1) is 0 Å². The van der Waals surface area contributed by atoms with E-state index in [-0.39, 0.29) is 31.1 Å². The number of hydrogen-bond acceptors (Lipinski definition) is 9. The third-order valence-electron chi connectivity index (χ3n) is 9.82. The van der Waals surface area contributed by atoms with E-state index < -0.39 is 30.4 Å². The molecule has 5 aromatic carbocycles. The molecule has 0 spiro atoms.